The third-order valence-electron chi connectivity index (χ3n) is 6.80. The number of hydrogen-bond acceptors (Lipinski definition) is 4. The number of carbonyl (C=O) groups excluding carboxylic acids is 2. The van der Waals surface area contributed by atoms with E-state index < -0.39 is 0 Å². The zero-order chi connectivity index (χ0) is 26.5. The van der Waals surface area contributed by atoms with Crippen molar-refractivity contribution in [3.8, 4) is 0 Å². The SMILES string of the molecule is CCCCCC/C=C\COC(=O)CCCCCCCC(=O)OC(CCCCCC)CCCCCCC. The molecule has 1 atom stereocenters. The van der Waals surface area contributed by atoms with Crippen molar-refractivity contribution < 1.29 is 19.1 Å². The van der Waals surface area contributed by atoms with E-state index in [0.717, 1.165) is 51.4 Å². The van der Waals surface area contributed by atoms with Gasteiger partial charge in [-0.15, -0.1) is 0 Å². The van der Waals surface area contributed by atoms with Crippen molar-refractivity contribution in [1.29, 1.82) is 0 Å². The van der Waals surface area contributed by atoms with Gasteiger partial charge in [0, 0.05) is 12.8 Å². The van der Waals surface area contributed by atoms with E-state index in [9.17, 15) is 9.59 Å². The zero-order valence-corrected chi connectivity index (χ0v) is 24.3. The number of carbonyl (C=O) groups is 2. The lowest BCUT2D eigenvalue weighted by Crippen LogP contribution is -2.18. The summed E-state index contributed by atoms with van der Waals surface area (Å²) in [7, 11) is 0. The topological polar surface area (TPSA) is 52.6 Å². The Kier molecular flexibility index (Phi) is 27.2. The quantitative estimate of drug-likeness (QED) is 0.0629. The molecular weight excluding hydrogens is 448 g/mol. The van der Waals surface area contributed by atoms with Crippen LogP contribution in [0, 0.1) is 0 Å². The molecule has 4 nitrogen and oxygen atoms in total. The van der Waals surface area contributed by atoms with Crippen molar-refractivity contribution in [3.05, 3.63) is 12.2 Å². The molecule has 0 heterocycles. The van der Waals surface area contributed by atoms with Crippen molar-refractivity contribution in [2.75, 3.05) is 6.61 Å². The van der Waals surface area contributed by atoms with E-state index in [1.165, 1.54) is 83.5 Å². The number of hydrogen-bond donors (Lipinski definition) is 0. The Balaban J connectivity index is 3.80. The van der Waals surface area contributed by atoms with Crippen LogP contribution in [0.3, 0.4) is 0 Å². The number of allylic oxidation sites excluding steroid dienone is 1. The summed E-state index contributed by atoms with van der Waals surface area (Å²) in [6.07, 6.45) is 29.4. The lowest BCUT2D eigenvalue weighted by molar-refractivity contribution is -0.150. The largest absolute Gasteiger partial charge is 0.462 e. The summed E-state index contributed by atoms with van der Waals surface area (Å²) in [6.45, 7) is 7.08. The Morgan fingerprint density at radius 3 is 1.64 bits per heavy atom. The second kappa shape index (κ2) is 28.3. The Labute approximate surface area is 224 Å². The highest BCUT2D eigenvalue weighted by Gasteiger charge is 2.14. The van der Waals surface area contributed by atoms with Crippen LogP contribution in [-0.4, -0.2) is 24.6 Å². The summed E-state index contributed by atoms with van der Waals surface area (Å²) in [6, 6.07) is 0. The molecule has 0 rings (SSSR count). The molecule has 0 N–H and O–H groups in total. The maximum absolute atomic E-state index is 12.4. The maximum atomic E-state index is 12.4. The molecule has 0 saturated heterocycles. The molecule has 0 aliphatic carbocycles. The maximum Gasteiger partial charge on any atom is 0.306 e. The number of unbranched alkanes of at least 4 members (excludes halogenated alkanes) is 15. The molecule has 0 aliphatic rings. The Morgan fingerprint density at radius 2 is 1.03 bits per heavy atom. The molecule has 212 valence electrons. The van der Waals surface area contributed by atoms with Gasteiger partial charge in [-0.2, -0.15) is 0 Å². The van der Waals surface area contributed by atoms with Gasteiger partial charge in [0.1, 0.15) is 12.7 Å². The van der Waals surface area contributed by atoms with Crippen LogP contribution in [0.5, 0.6) is 0 Å². The van der Waals surface area contributed by atoms with Crippen LogP contribution in [0.2, 0.25) is 0 Å². The third-order valence-corrected chi connectivity index (χ3v) is 6.80. The number of ether oxygens (including phenoxy) is 2. The monoisotopic (exact) mass is 508 g/mol. The highest BCUT2D eigenvalue weighted by molar-refractivity contribution is 5.69. The van der Waals surface area contributed by atoms with Crippen LogP contribution in [0.25, 0.3) is 0 Å². The summed E-state index contributed by atoms with van der Waals surface area (Å²) in [5, 5.41) is 0. The average molecular weight is 509 g/mol. The summed E-state index contributed by atoms with van der Waals surface area (Å²) < 4.78 is 11.1. The highest BCUT2D eigenvalue weighted by atomic mass is 16.5. The van der Waals surface area contributed by atoms with Crippen LogP contribution in [0.15, 0.2) is 12.2 Å². The van der Waals surface area contributed by atoms with Gasteiger partial charge in [0.2, 0.25) is 0 Å². The highest BCUT2D eigenvalue weighted by Crippen LogP contribution is 2.17. The predicted octanol–water partition coefficient (Wildman–Crippen LogP) is 10.0. The minimum Gasteiger partial charge on any atom is -0.462 e. The first-order valence-corrected chi connectivity index (χ1v) is 15.6. The van der Waals surface area contributed by atoms with Gasteiger partial charge in [-0.3, -0.25) is 9.59 Å². The van der Waals surface area contributed by atoms with Crippen LogP contribution >= 0.6 is 0 Å². The zero-order valence-electron chi connectivity index (χ0n) is 24.3. The van der Waals surface area contributed by atoms with E-state index in [1.54, 1.807) is 0 Å². The molecule has 0 aromatic rings. The molecule has 0 aromatic heterocycles. The smallest absolute Gasteiger partial charge is 0.306 e. The van der Waals surface area contributed by atoms with Gasteiger partial charge < -0.3 is 9.47 Å². The summed E-state index contributed by atoms with van der Waals surface area (Å²) >= 11 is 0. The fraction of sp³-hybridized carbons (Fsp3) is 0.875. The standard InChI is InChI=1S/C32H60O4/c1-4-7-10-13-14-19-24-29-35-31(33)27-22-17-15-18-23-28-32(34)36-30(25-20-12-9-6-3)26-21-16-11-8-5-2/h19,24,30H,4-18,20-23,25-29H2,1-3H3/b24-19-. The van der Waals surface area contributed by atoms with Gasteiger partial charge in [0.15, 0.2) is 0 Å². The minimum atomic E-state index is -0.103. The first-order chi connectivity index (χ1) is 17.6. The van der Waals surface area contributed by atoms with Crippen LogP contribution in [0.1, 0.15) is 168 Å². The molecule has 0 bridgehead atoms. The van der Waals surface area contributed by atoms with Gasteiger partial charge >= 0.3 is 11.9 Å². The summed E-state index contributed by atoms with van der Waals surface area (Å²) in [5.41, 5.74) is 0. The Hall–Kier alpha value is -1.32. The first kappa shape index (κ1) is 34.7. The minimum absolute atomic E-state index is 0.0222. The Bertz CT molecular complexity index is 514. The molecule has 0 fully saturated rings. The van der Waals surface area contributed by atoms with E-state index >= 15 is 0 Å². The van der Waals surface area contributed by atoms with Gasteiger partial charge in [-0.1, -0.05) is 116 Å². The Morgan fingerprint density at radius 1 is 0.556 bits per heavy atom. The van der Waals surface area contributed by atoms with Crippen molar-refractivity contribution in [1.82, 2.24) is 0 Å². The van der Waals surface area contributed by atoms with Crippen LogP contribution in [-0.2, 0) is 19.1 Å². The van der Waals surface area contributed by atoms with Crippen molar-refractivity contribution in [2.24, 2.45) is 0 Å². The molecule has 36 heavy (non-hydrogen) atoms. The van der Waals surface area contributed by atoms with Gasteiger partial charge in [0.25, 0.3) is 0 Å². The van der Waals surface area contributed by atoms with Gasteiger partial charge in [-0.05, 0) is 51.4 Å². The van der Waals surface area contributed by atoms with Crippen LogP contribution < -0.4 is 0 Å². The molecule has 0 aliphatic heterocycles. The van der Waals surface area contributed by atoms with Gasteiger partial charge in [-0.25, -0.2) is 0 Å². The predicted molar refractivity (Wildman–Crippen MR) is 153 cm³/mol. The molecule has 0 spiro atoms. The lowest BCUT2D eigenvalue weighted by atomic mass is 10.0. The summed E-state index contributed by atoms with van der Waals surface area (Å²) in [5.74, 6) is -0.125. The molecular formula is C32H60O4. The molecule has 0 saturated carbocycles. The lowest BCUT2D eigenvalue weighted by Gasteiger charge is -2.18. The average Bonchev–Trinajstić information content (AvgIpc) is 2.87. The normalized spacial score (nSPS) is 12.2. The van der Waals surface area contributed by atoms with E-state index in [4.69, 9.17) is 9.47 Å². The van der Waals surface area contributed by atoms with E-state index in [2.05, 4.69) is 26.8 Å². The van der Waals surface area contributed by atoms with Gasteiger partial charge in [0.05, 0.1) is 0 Å². The molecule has 0 radical (unpaired) electrons. The van der Waals surface area contributed by atoms with Crippen molar-refractivity contribution >= 4 is 11.9 Å². The van der Waals surface area contributed by atoms with Crippen molar-refractivity contribution in [3.63, 3.8) is 0 Å². The fourth-order valence-electron chi connectivity index (χ4n) is 4.44. The summed E-state index contributed by atoms with van der Waals surface area (Å²) in [4.78, 5) is 24.2. The van der Waals surface area contributed by atoms with E-state index in [1.807, 2.05) is 6.08 Å². The van der Waals surface area contributed by atoms with Crippen LogP contribution in [0.4, 0.5) is 0 Å². The fourth-order valence-corrected chi connectivity index (χ4v) is 4.44. The van der Waals surface area contributed by atoms with E-state index in [0.29, 0.717) is 19.4 Å². The number of rotatable bonds is 27. The third kappa shape index (κ3) is 25.8. The van der Waals surface area contributed by atoms with E-state index in [-0.39, 0.29) is 18.0 Å². The molecule has 0 aromatic carbocycles. The second-order valence-corrected chi connectivity index (χ2v) is 10.4. The molecule has 1 unspecified atom stereocenters. The second-order valence-electron chi connectivity index (χ2n) is 10.4. The first-order valence-electron chi connectivity index (χ1n) is 15.6. The van der Waals surface area contributed by atoms with Crippen molar-refractivity contribution in [2.45, 2.75) is 175 Å². The molecule has 0 amide bonds. The number of esters is 2. The molecule has 4 heteroatoms.